The van der Waals surface area contributed by atoms with Gasteiger partial charge >= 0.3 is 0 Å². The normalized spacial score (nSPS) is 27.6. The molecule has 108 valence electrons. The molecule has 19 heavy (non-hydrogen) atoms. The summed E-state index contributed by atoms with van der Waals surface area (Å²) in [5, 5.41) is 3.43. The summed E-state index contributed by atoms with van der Waals surface area (Å²) in [4.78, 5) is 5.69. The van der Waals surface area contributed by atoms with Crippen LogP contribution in [0.3, 0.4) is 0 Å². The molecule has 2 rings (SSSR count). The number of hydrogen-bond acceptors (Lipinski definition) is 3. The van der Waals surface area contributed by atoms with E-state index in [0.717, 1.165) is 12.5 Å². The van der Waals surface area contributed by atoms with Crippen molar-refractivity contribution in [2.45, 2.75) is 58.3 Å². The fourth-order valence-electron chi connectivity index (χ4n) is 3.56. The fraction of sp³-hybridized carbons (Fsp3) is 0.812. The third-order valence-corrected chi connectivity index (χ3v) is 5.50. The average molecular weight is 280 g/mol. The predicted molar refractivity (Wildman–Crippen MR) is 83.7 cm³/mol. The van der Waals surface area contributed by atoms with Gasteiger partial charge in [0.25, 0.3) is 0 Å². The molecular formula is C16H28N2S. The summed E-state index contributed by atoms with van der Waals surface area (Å²) in [5.74, 6) is 0.992. The van der Waals surface area contributed by atoms with Gasteiger partial charge in [0.15, 0.2) is 0 Å². The summed E-state index contributed by atoms with van der Waals surface area (Å²) < 4.78 is 0. The quantitative estimate of drug-likeness (QED) is 0.806. The Morgan fingerprint density at radius 2 is 2.21 bits per heavy atom. The summed E-state index contributed by atoms with van der Waals surface area (Å²) in [6.07, 6.45) is 13.1. The Kier molecular flexibility index (Phi) is 5.83. The maximum Gasteiger partial charge on any atom is 0.0794 e. The highest BCUT2D eigenvalue weighted by atomic mass is 32.1. The summed E-state index contributed by atoms with van der Waals surface area (Å²) in [6.45, 7) is 3.46. The Balaban J connectivity index is 1.91. The van der Waals surface area contributed by atoms with Crippen molar-refractivity contribution in [1.29, 1.82) is 0 Å². The van der Waals surface area contributed by atoms with Gasteiger partial charge < -0.3 is 5.32 Å². The van der Waals surface area contributed by atoms with Gasteiger partial charge in [0, 0.05) is 17.6 Å². The summed E-state index contributed by atoms with van der Waals surface area (Å²) in [5.41, 5.74) is 2.46. The highest BCUT2D eigenvalue weighted by molar-refractivity contribution is 7.09. The van der Waals surface area contributed by atoms with E-state index in [4.69, 9.17) is 0 Å². The second-order valence-corrected chi connectivity index (χ2v) is 7.23. The molecule has 1 aromatic heterocycles. The fourth-order valence-corrected chi connectivity index (χ4v) is 4.33. The van der Waals surface area contributed by atoms with Crippen LogP contribution in [0.5, 0.6) is 0 Å². The molecule has 0 bridgehead atoms. The van der Waals surface area contributed by atoms with Crippen LogP contribution in [0, 0.1) is 11.3 Å². The number of nitrogens with zero attached hydrogens (tertiary/aromatic N) is 1. The molecule has 0 aliphatic heterocycles. The number of rotatable bonds is 7. The molecule has 0 radical (unpaired) electrons. The molecule has 0 atom stereocenters. The molecule has 1 aliphatic carbocycles. The lowest BCUT2D eigenvalue weighted by Crippen LogP contribution is -2.38. The second-order valence-electron chi connectivity index (χ2n) is 6.26. The summed E-state index contributed by atoms with van der Waals surface area (Å²) in [7, 11) is 2.09. The Morgan fingerprint density at radius 1 is 1.42 bits per heavy atom. The van der Waals surface area contributed by atoms with E-state index in [9.17, 15) is 0 Å². The molecular weight excluding hydrogens is 252 g/mol. The van der Waals surface area contributed by atoms with Gasteiger partial charge in [-0.1, -0.05) is 26.2 Å². The molecule has 0 spiro atoms. The lowest BCUT2D eigenvalue weighted by atomic mass is 9.67. The highest BCUT2D eigenvalue weighted by Gasteiger charge is 2.34. The molecule has 0 aromatic carbocycles. The Labute approximate surface area is 122 Å². The van der Waals surface area contributed by atoms with E-state index >= 15 is 0 Å². The van der Waals surface area contributed by atoms with Gasteiger partial charge in [0.2, 0.25) is 0 Å². The van der Waals surface area contributed by atoms with Crippen molar-refractivity contribution in [2.24, 2.45) is 11.3 Å². The third-order valence-electron chi connectivity index (χ3n) is 4.72. The minimum Gasteiger partial charge on any atom is -0.319 e. The van der Waals surface area contributed by atoms with Crippen LogP contribution in [0.15, 0.2) is 11.7 Å². The van der Waals surface area contributed by atoms with Crippen molar-refractivity contribution < 1.29 is 0 Å². The topological polar surface area (TPSA) is 24.9 Å². The molecule has 1 fully saturated rings. The first kappa shape index (κ1) is 15.0. The molecule has 2 nitrogen and oxygen atoms in total. The zero-order chi connectivity index (χ0) is 13.6. The van der Waals surface area contributed by atoms with Crippen molar-refractivity contribution in [3.63, 3.8) is 0 Å². The monoisotopic (exact) mass is 280 g/mol. The summed E-state index contributed by atoms with van der Waals surface area (Å²) >= 11 is 1.82. The molecule has 3 heteroatoms. The third kappa shape index (κ3) is 4.28. The standard InChI is InChI=1S/C16H28N2S/c1-3-4-5-14-6-8-16(9-7-14,12-17-2)10-15-11-18-13-19-15/h11,13-14,17H,3-10,12H2,1-2H3. The first-order valence-electron chi connectivity index (χ1n) is 7.80. The SMILES string of the molecule is CCCCC1CCC(CNC)(Cc2cncs2)CC1. The van der Waals surface area contributed by atoms with E-state index in [-0.39, 0.29) is 0 Å². The average Bonchev–Trinajstić information content (AvgIpc) is 2.91. The van der Waals surface area contributed by atoms with Gasteiger partial charge in [-0.15, -0.1) is 11.3 Å². The number of thiazole rings is 1. The van der Waals surface area contributed by atoms with Crippen LogP contribution in [0.25, 0.3) is 0 Å². The van der Waals surface area contributed by atoms with Crippen molar-refractivity contribution in [2.75, 3.05) is 13.6 Å². The first-order chi connectivity index (χ1) is 9.28. The maximum absolute atomic E-state index is 4.23. The minimum atomic E-state index is 0.490. The van der Waals surface area contributed by atoms with Gasteiger partial charge in [-0.2, -0.15) is 0 Å². The Hall–Kier alpha value is -0.410. The number of unbranched alkanes of at least 4 members (excludes halogenated alkanes) is 1. The van der Waals surface area contributed by atoms with Crippen molar-refractivity contribution in [3.8, 4) is 0 Å². The van der Waals surface area contributed by atoms with Crippen LogP contribution in [-0.4, -0.2) is 18.6 Å². The van der Waals surface area contributed by atoms with Crippen molar-refractivity contribution >= 4 is 11.3 Å². The number of nitrogens with one attached hydrogen (secondary N) is 1. The van der Waals surface area contributed by atoms with Crippen LogP contribution in [0.4, 0.5) is 0 Å². The molecule has 0 saturated heterocycles. The van der Waals surface area contributed by atoms with E-state index in [1.807, 2.05) is 16.8 Å². The van der Waals surface area contributed by atoms with E-state index in [1.165, 1.54) is 56.2 Å². The number of aromatic nitrogens is 1. The van der Waals surface area contributed by atoms with E-state index < -0.39 is 0 Å². The highest BCUT2D eigenvalue weighted by Crippen LogP contribution is 2.43. The largest absolute Gasteiger partial charge is 0.319 e. The van der Waals surface area contributed by atoms with Gasteiger partial charge in [-0.25, -0.2) is 0 Å². The lowest BCUT2D eigenvalue weighted by Gasteiger charge is -2.40. The molecule has 0 amide bonds. The zero-order valence-electron chi connectivity index (χ0n) is 12.5. The molecule has 1 N–H and O–H groups in total. The Morgan fingerprint density at radius 3 is 2.79 bits per heavy atom. The first-order valence-corrected chi connectivity index (χ1v) is 8.68. The zero-order valence-corrected chi connectivity index (χ0v) is 13.3. The molecule has 1 saturated carbocycles. The van der Waals surface area contributed by atoms with Gasteiger partial charge in [-0.05, 0) is 50.5 Å². The smallest absolute Gasteiger partial charge is 0.0794 e. The van der Waals surface area contributed by atoms with E-state index in [0.29, 0.717) is 5.41 Å². The molecule has 0 unspecified atom stereocenters. The van der Waals surface area contributed by atoms with Crippen LogP contribution in [0.2, 0.25) is 0 Å². The van der Waals surface area contributed by atoms with Crippen LogP contribution in [-0.2, 0) is 6.42 Å². The second kappa shape index (κ2) is 7.39. The summed E-state index contributed by atoms with van der Waals surface area (Å²) in [6, 6.07) is 0. The molecule has 1 aliphatic rings. The predicted octanol–water partition coefficient (Wildman–Crippen LogP) is 4.27. The minimum absolute atomic E-state index is 0.490. The number of hydrogen-bond donors (Lipinski definition) is 1. The van der Waals surface area contributed by atoms with Gasteiger partial charge in [0.05, 0.1) is 5.51 Å². The van der Waals surface area contributed by atoms with E-state index in [2.05, 4.69) is 30.5 Å². The van der Waals surface area contributed by atoms with Crippen molar-refractivity contribution in [3.05, 3.63) is 16.6 Å². The molecule has 1 aromatic rings. The Bertz CT molecular complexity index is 340. The van der Waals surface area contributed by atoms with Crippen molar-refractivity contribution in [1.82, 2.24) is 10.3 Å². The van der Waals surface area contributed by atoms with Crippen LogP contribution < -0.4 is 5.32 Å². The lowest BCUT2D eigenvalue weighted by molar-refractivity contribution is 0.142. The van der Waals surface area contributed by atoms with E-state index in [1.54, 1.807) is 0 Å². The maximum atomic E-state index is 4.23. The van der Waals surface area contributed by atoms with Gasteiger partial charge in [-0.3, -0.25) is 4.98 Å². The molecule has 1 heterocycles. The van der Waals surface area contributed by atoms with Gasteiger partial charge in [0.1, 0.15) is 0 Å². The van der Waals surface area contributed by atoms with Crippen LogP contribution in [0.1, 0.15) is 56.7 Å². The van der Waals surface area contributed by atoms with Crippen LogP contribution >= 0.6 is 11.3 Å².